The third-order valence-corrected chi connectivity index (χ3v) is 4.61. The van der Waals surface area contributed by atoms with E-state index in [2.05, 4.69) is 46.8 Å². The first kappa shape index (κ1) is 19.5. The van der Waals surface area contributed by atoms with Crippen LogP contribution in [-0.4, -0.2) is 36.3 Å². The van der Waals surface area contributed by atoms with Gasteiger partial charge in [0.15, 0.2) is 0 Å². The smallest absolute Gasteiger partial charge is 0.228 e. The number of amides is 2. The van der Waals surface area contributed by atoms with Crippen molar-refractivity contribution in [3.05, 3.63) is 29.8 Å². The fraction of sp³-hybridized carbons (Fsp3) is 0.619. The highest BCUT2D eigenvalue weighted by Crippen LogP contribution is 2.27. The first-order valence-electron chi connectivity index (χ1n) is 9.49. The van der Waals surface area contributed by atoms with Gasteiger partial charge < -0.3 is 9.80 Å². The molecule has 0 saturated carbocycles. The number of hydrogen-bond acceptors (Lipinski definition) is 2. The van der Waals surface area contributed by atoms with Crippen molar-refractivity contribution in [1.82, 2.24) is 4.90 Å². The summed E-state index contributed by atoms with van der Waals surface area (Å²) in [7, 11) is 0. The molecule has 0 spiro atoms. The molecule has 1 unspecified atom stereocenters. The van der Waals surface area contributed by atoms with Crippen LogP contribution in [0.4, 0.5) is 5.69 Å². The van der Waals surface area contributed by atoms with E-state index in [4.69, 9.17) is 0 Å². The lowest BCUT2D eigenvalue weighted by Gasteiger charge is -2.28. The Hall–Kier alpha value is -1.84. The topological polar surface area (TPSA) is 40.6 Å². The highest BCUT2D eigenvalue weighted by Gasteiger charge is 2.37. The summed E-state index contributed by atoms with van der Waals surface area (Å²) in [4.78, 5) is 29.2. The average molecular weight is 344 g/mol. The zero-order valence-electron chi connectivity index (χ0n) is 16.3. The lowest BCUT2D eigenvalue weighted by molar-refractivity contribution is -0.136. The number of benzene rings is 1. The molecule has 138 valence electrons. The van der Waals surface area contributed by atoms with E-state index < -0.39 is 0 Å². The maximum Gasteiger partial charge on any atom is 0.228 e. The van der Waals surface area contributed by atoms with Gasteiger partial charge in [0.2, 0.25) is 11.8 Å². The van der Waals surface area contributed by atoms with Gasteiger partial charge in [-0.05, 0) is 36.0 Å². The van der Waals surface area contributed by atoms with Crippen molar-refractivity contribution in [3.8, 4) is 0 Å². The Balaban J connectivity index is 2.09. The normalized spacial score (nSPS) is 17.6. The molecule has 1 aromatic rings. The minimum atomic E-state index is -0.226. The van der Waals surface area contributed by atoms with Gasteiger partial charge in [0.1, 0.15) is 0 Å². The van der Waals surface area contributed by atoms with Gasteiger partial charge in [-0.1, -0.05) is 46.8 Å². The molecule has 4 heteroatoms. The lowest BCUT2D eigenvalue weighted by Crippen LogP contribution is -2.41. The molecule has 1 fully saturated rings. The molecule has 1 saturated heterocycles. The summed E-state index contributed by atoms with van der Waals surface area (Å²) >= 11 is 0. The van der Waals surface area contributed by atoms with Gasteiger partial charge >= 0.3 is 0 Å². The first-order chi connectivity index (χ1) is 11.8. The molecule has 0 aliphatic carbocycles. The maximum absolute atomic E-state index is 13.0. The molecule has 1 heterocycles. The van der Waals surface area contributed by atoms with E-state index in [1.54, 1.807) is 4.90 Å². The quantitative estimate of drug-likeness (QED) is 0.756. The number of nitrogens with zero attached hydrogens (tertiary/aromatic N) is 2. The van der Waals surface area contributed by atoms with Gasteiger partial charge in [-0.25, -0.2) is 0 Å². The van der Waals surface area contributed by atoms with Crippen LogP contribution < -0.4 is 4.90 Å². The van der Waals surface area contributed by atoms with Crippen LogP contribution in [0.15, 0.2) is 24.3 Å². The summed E-state index contributed by atoms with van der Waals surface area (Å²) in [6, 6.07) is 8.09. The Morgan fingerprint density at radius 2 is 1.68 bits per heavy atom. The molecule has 0 bridgehead atoms. The molecule has 1 aliphatic rings. The van der Waals surface area contributed by atoms with Crippen LogP contribution in [0.3, 0.4) is 0 Å². The molecule has 0 N–H and O–H groups in total. The predicted octanol–water partition coefficient (Wildman–Crippen LogP) is 3.74. The number of carbonyl (C=O) groups is 2. The Bertz CT molecular complexity index is 582. The lowest BCUT2D eigenvalue weighted by atomic mass is 10.0. The summed E-state index contributed by atoms with van der Waals surface area (Å²) in [6.07, 6.45) is 1.30. The highest BCUT2D eigenvalue weighted by molar-refractivity contribution is 6.00. The Morgan fingerprint density at radius 3 is 2.16 bits per heavy atom. The van der Waals surface area contributed by atoms with Crippen molar-refractivity contribution in [1.29, 1.82) is 0 Å². The molecule has 1 aromatic carbocycles. The minimum Gasteiger partial charge on any atom is -0.342 e. The van der Waals surface area contributed by atoms with Crippen molar-refractivity contribution >= 4 is 17.5 Å². The Morgan fingerprint density at radius 1 is 1.12 bits per heavy atom. The monoisotopic (exact) mass is 344 g/mol. The molecular weight excluding hydrogens is 312 g/mol. The number of rotatable bonds is 7. The van der Waals surface area contributed by atoms with Crippen LogP contribution in [0.1, 0.15) is 46.6 Å². The summed E-state index contributed by atoms with van der Waals surface area (Å²) in [5, 5.41) is 0. The van der Waals surface area contributed by atoms with E-state index in [-0.39, 0.29) is 17.7 Å². The maximum atomic E-state index is 13.0. The molecule has 2 amide bonds. The molecule has 0 aromatic heterocycles. The summed E-state index contributed by atoms with van der Waals surface area (Å²) < 4.78 is 0. The van der Waals surface area contributed by atoms with Crippen molar-refractivity contribution < 1.29 is 9.59 Å². The fourth-order valence-electron chi connectivity index (χ4n) is 3.43. The first-order valence-corrected chi connectivity index (χ1v) is 9.49. The Kier molecular flexibility index (Phi) is 6.63. The van der Waals surface area contributed by atoms with Crippen molar-refractivity contribution in [2.45, 2.75) is 47.5 Å². The van der Waals surface area contributed by atoms with E-state index in [9.17, 15) is 9.59 Å². The summed E-state index contributed by atoms with van der Waals surface area (Å²) in [5.41, 5.74) is 2.15. The number of carbonyl (C=O) groups excluding carboxylic acids is 2. The zero-order chi connectivity index (χ0) is 18.6. The van der Waals surface area contributed by atoms with Gasteiger partial charge in [-0.3, -0.25) is 9.59 Å². The van der Waals surface area contributed by atoms with E-state index in [0.29, 0.717) is 24.8 Å². The molecule has 25 heavy (non-hydrogen) atoms. The number of anilines is 1. The van der Waals surface area contributed by atoms with Gasteiger partial charge in [0.25, 0.3) is 0 Å². The second kappa shape index (κ2) is 8.50. The predicted molar refractivity (Wildman–Crippen MR) is 103 cm³/mol. The second-order valence-corrected chi connectivity index (χ2v) is 7.96. The van der Waals surface area contributed by atoms with Crippen molar-refractivity contribution in [2.75, 3.05) is 24.5 Å². The van der Waals surface area contributed by atoms with Gasteiger partial charge in [-0.2, -0.15) is 0 Å². The standard InChI is InChI=1S/C21H32N2O2/c1-6-17-7-9-19(10-8-17)23-14-18(11-20(23)24)21(25)22(12-15(2)3)13-16(4)5/h7-10,15-16,18H,6,11-14H2,1-5H3. The minimum absolute atomic E-state index is 0.0524. The third-order valence-electron chi connectivity index (χ3n) is 4.61. The van der Waals surface area contributed by atoms with Gasteiger partial charge in [0.05, 0.1) is 5.92 Å². The van der Waals surface area contributed by atoms with Crippen molar-refractivity contribution in [2.24, 2.45) is 17.8 Å². The van der Waals surface area contributed by atoms with Crippen LogP contribution in [0.5, 0.6) is 0 Å². The largest absolute Gasteiger partial charge is 0.342 e. The van der Waals surface area contributed by atoms with Gasteiger partial charge in [0, 0.05) is 31.7 Å². The third kappa shape index (κ3) is 5.07. The second-order valence-electron chi connectivity index (χ2n) is 7.96. The van der Waals surface area contributed by atoms with Crippen LogP contribution in [-0.2, 0) is 16.0 Å². The average Bonchev–Trinajstić information content (AvgIpc) is 2.94. The zero-order valence-corrected chi connectivity index (χ0v) is 16.3. The highest BCUT2D eigenvalue weighted by atomic mass is 16.2. The SMILES string of the molecule is CCc1ccc(N2CC(C(=O)N(CC(C)C)CC(C)C)CC2=O)cc1. The summed E-state index contributed by atoms with van der Waals surface area (Å²) in [5.74, 6) is 0.811. The molecule has 4 nitrogen and oxygen atoms in total. The van der Waals surface area contributed by atoms with E-state index in [1.165, 1.54) is 5.56 Å². The van der Waals surface area contributed by atoms with Crippen molar-refractivity contribution in [3.63, 3.8) is 0 Å². The van der Waals surface area contributed by atoms with E-state index in [0.717, 1.165) is 25.2 Å². The van der Waals surface area contributed by atoms with E-state index >= 15 is 0 Å². The summed E-state index contributed by atoms with van der Waals surface area (Å²) in [6.45, 7) is 12.6. The fourth-order valence-corrected chi connectivity index (χ4v) is 3.43. The van der Waals surface area contributed by atoms with Crippen LogP contribution in [0.25, 0.3) is 0 Å². The Labute approximate surface area is 152 Å². The van der Waals surface area contributed by atoms with E-state index in [1.807, 2.05) is 17.0 Å². The van der Waals surface area contributed by atoms with Crippen LogP contribution in [0.2, 0.25) is 0 Å². The molecule has 1 aliphatic heterocycles. The van der Waals surface area contributed by atoms with Gasteiger partial charge in [-0.15, -0.1) is 0 Å². The number of hydrogen-bond donors (Lipinski definition) is 0. The number of aryl methyl sites for hydroxylation is 1. The molecule has 0 radical (unpaired) electrons. The molecule has 1 atom stereocenters. The van der Waals surface area contributed by atoms with Crippen LogP contribution >= 0.6 is 0 Å². The van der Waals surface area contributed by atoms with Crippen LogP contribution in [0, 0.1) is 17.8 Å². The molecule has 2 rings (SSSR count). The molecular formula is C21H32N2O2.